The van der Waals surface area contributed by atoms with Gasteiger partial charge in [-0.15, -0.1) is 0 Å². The third-order valence-electron chi connectivity index (χ3n) is 3.04. The molecule has 0 aromatic rings. The molecule has 82 valence electrons. The summed E-state index contributed by atoms with van der Waals surface area (Å²) in [6.45, 7) is 8.98. The zero-order valence-electron chi connectivity index (χ0n) is 9.94. The van der Waals surface area contributed by atoms with Crippen molar-refractivity contribution in [3.63, 3.8) is 0 Å². The van der Waals surface area contributed by atoms with E-state index in [1.54, 1.807) is 0 Å². The molecular weight excluding hydrogens is 174 g/mol. The van der Waals surface area contributed by atoms with Gasteiger partial charge >= 0.3 is 0 Å². The second-order valence-corrected chi connectivity index (χ2v) is 5.68. The maximum absolute atomic E-state index is 11.6. The van der Waals surface area contributed by atoms with Crippen molar-refractivity contribution >= 4 is 5.91 Å². The van der Waals surface area contributed by atoms with Crippen LogP contribution >= 0.6 is 0 Å². The van der Waals surface area contributed by atoms with Crippen LogP contribution in [-0.4, -0.2) is 12.5 Å². The van der Waals surface area contributed by atoms with Crippen molar-refractivity contribution in [1.29, 1.82) is 0 Å². The van der Waals surface area contributed by atoms with Crippen molar-refractivity contribution in [3.8, 4) is 0 Å². The Hall–Kier alpha value is -0.530. The Morgan fingerprint density at radius 2 is 1.93 bits per heavy atom. The second kappa shape index (κ2) is 3.92. The molecular formula is C12H23NO. The summed E-state index contributed by atoms with van der Waals surface area (Å²) in [5.41, 5.74) is 0.220. The molecule has 0 bridgehead atoms. The van der Waals surface area contributed by atoms with Crippen molar-refractivity contribution in [1.82, 2.24) is 5.32 Å². The van der Waals surface area contributed by atoms with E-state index in [-0.39, 0.29) is 11.3 Å². The van der Waals surface area contributed by atoms with Gasteiger partial charge in [0.05, 0.1) is 0 Å². The number of carbonyl (C=O) groups is 1. The summed E-state index contributed by atoms with van der Waals surface area (Å²) in [5.74, 6) is 0.180. The van der Waals surface area contributed by atoms with Gasteiger partial charge in [-0.3, -0.25) is 4.79 Å². The molecule has 0 aromatic heterocycles. The van der Waals surface area contributed by atoms with Crippen molar-refractivity contribution in [2.24, 2.45) is 10.8 Å². The lowest BCUT2D eigenvalue weighted by atomic mass is 9.94. The summed E-state index contributed by atoms with van der Waals surface area (Å²) >= 11 is 0. The Morgan fingerprint density at radius 3 is 2.29 bits per heavy atom. The highest BCUT2D eigenvalue weighted by atomic mass is 16.2. The molecule has 14 heavy (non-hydrogen) atoms. The van der Waals surface area contributed by atoms with Gasteiger partial charge in [0.25, 0.3) is 0 Å². The molecule has 2 heteroatoms. The molecule has 1 N–H and O–H groups in total. The van der Waals surface area contributed by atoms with Gasteiger partial charge in [0.1, 0.15) is 0 Å². The average molecular weight is 197 g/mol. The van der Waals surface area contributed by atoms with Crippen molar-refractivity contribution in [2.45, 2.75) is 53.4 Å². The minimum Gasteiger partial charge on any atom is -0.355 e. The van der Waals surface area contributed by atoms with E-state index < -0.39 is 0 Å². The number of hydrogen-bond acceptors (Lipinski definition) is 1. The molecule has 2 nitrogen and oxygen atoms in total. The van der Waals surface area contributed by atoms with E-state index in [4.69, 9.17) is 0 Å². The van der Waals surface area contributed by atoms with Crippen LogP contribution < -0.4 is 5.32 Å². The fraction of sp³-hybridized carbons (Fsp3) is 0.917. The zero-order valence-corrected chi connectivity index (χ0v) is 9.94. The fourth-order valence-corrected chi connectivity index (χ4v) is 1.76. The van der Waals surface area contributed by atoms with Crippen LogP contribution in [0.25, 0.3) is 0 Å². The first kappa shape index (κ1) is 11.5. The third kappa shape index (κ3) is 3.00. The fourth-order valence-electron chi connectivity index (χ4n) is 1.76. The lowest BCUT2D eigenvalue weighted by Crippen LogP contribution is -2.38. The van der Waals surface area contributed by atoms with Crippen LogP contribution in [0, 0.1) is 10.8 Å². The third-order valence-corrected chi connectivity index (χ3v) is 3.04. The van der Waals surface area contributed by atoms with Crippen LogP contribution in [0.2, 0.25) is 0 Å². The standard InChI is InChI=1S/C12H23NO/c1-5-6-12(7-8-12)9-13-10(14)11(2,3)4/h5-9H2,1-4H3,(H,13,14). The normalized spacial score (nSPS) is 19.1. The molecule has 1 amide bonds. The van der Waals surface area contributed by atoms with Crippen LogP contribution in [0.5, 0.6) is 0 Å². The summed E-state index contributed by atoms with van der Waals surface area (Å²) in [7, 11) is 0. The molecule has 0 aliphatic heterocycles. The van der Waals surface area contributed by atoms with Gasteiger partial charge in [0.2, 0.25) is 5.91 Å². The van der Waals surface area contributed by atoms with Crippen molar-refractivity contribution in [3.05, 3.63) is 0 Å². The van der Waals surface area contributed by atoms with Gasteiger partial charge in [-0.05, 0) is 24.7 Å². The Bertz CT molecular complexity index is 211. The topological polar surface area (TPSA) is 29.1 Å². The van der Waals surface area contributed by atoms with Crippen LogP contribution in [0.3, 0.4) is 0 Å². The molecule has 1 fully saturated rings. The molecule has 1 aliphatic rings. The van der Waals surface area contributed by atoms with Gasteiger partial charge in [-0.25, -0.2) is 0 Å². The molecule has 0 atom stereocenters. The van der Waals surface area contributed by atoms with E-state index in [0.29, 0.717) is 5.41 Å². The molecule has 0 unspecified atom stereocenters. The maximum Gasteiger partial charge on any atom is 0.225 e. The number of hydrogen-bond donors (Lipinski definition) is 1. The first-order chi connectivity index (χ1) is 6.40. The minimum absolute atomic E-state index is 0.180. The molecule has 1 saturated carbocycles. The summed E-state index contributed by atoms with van der Waals surface area (Å²) in [4.78, 5) is 11.6. The lowest BCUT2D eigenvalue weighted by Gasteiger charge is -2.21. The van der Waals surface area contributed by atoms with Crippen molar-refractivity contribution < 1.29 is 4.79 Å². The van der Waals surface area contributed by atoms with E-state index in [1.807, 2.05) is 20.8 Å². The molecule has 0 saturated heterocycles. The monoisotopic (exact) mass is 197 g/mol. The maximum atomic E-state index is 11.6. The van der Waals surface area contributed by atoms with Gasteiger partial charge in [0.15, 0.2) is 0 Å². The highest BCUT2D eigenvalue weighted by molar-refractivity contribution is 5.81. The van der Waals surface area contributed by atoms with Crippen LogP contribution in [0.1, 0.15) is 53.4 Å². The SMILES string of the molecule is CCCC1(CNC(=O)C(C)(C)C)CC1. The first-order valence-corrected chi connectivity index (χ1v) is 5.68. The van der Waals surface area contributed by atoms with E-state index in [9.17, 15) is 4.79 Å². The Kier molecular flexibility index (Phi) is 3.23. The lowest BCUT2D eigenvalue weighted by molar-refractivity contribution is -0.128. The van der Waals surface area contributed by atoms with Crippen LogP contribution in [0.15, 0.2) is 0 Å². The Morgan fingerprint density at radius 1 is 1.36 bits per heavy atom. The van der Waals surface area contributed by atoms with Crippen LogP contribution in [0.4, 0.5) is 0 Å². The molecule has 0 spiro atoms. The van der Waals surface area contributed by atoms with Gasteiger partial charge in [0, 0.05) is 12.0 Å². The molecule has 0 aromatic carbocycles. The smallest absolute Gasteiger partial charge is 0.225 e. The van der Waals surface area contributed by atoms with Gasteiger partial charge in [-0.1, -0.05) is 34.1 Å². The zero-order chi connectivity index (χ0) is 10.8. The van der Waals surface area contributed by atoms with Gasteiger partial charge in [-0.2, -0.15) is 0 Å². The quantitative estimate of drug-likeness (QED) is 0.737. The van der Waals surface area contributed by atoms with E-state index >= 15 is 0 Å². The van der Waals surface area contributed by atoms with E-state index in [0.717, 1.165) is 6.54 Å². The molecule has 1 rings (SSSR count). The number of nitrogens with one attached hydrogen (secondary N) is 1. The average Bonchev–Trinajstić information content (AvgIpc) is 2.80. The summed E-state index contributed by atoms with van der Waals surface area (Å²) < 4.78 is 0. The molecule has 0 radical (unpaired) electrons. The van der Waals surface area contributed by atoms with Crippen molar-refractivity contribution in [2.75, 3.05) is 6.54 Å². The summed E-state index contributed by atoms with van der Waals surface area (Å²) in [5, 5.41) is 3.07. The summed E-state index contributed by atoms with van der Waals surface area (Å²) in [6.07, 6.45) is 5.08. The van der Waals surface area contributed by atoms with E-state index in [2.05, 4.69) is 12.2 Å². The summed E-state index contributed by atoms with van der Waals surface area (Å²) in [6, 6.07) is 0. The number of carbonyl (C=O) groups excluding carboxylic acids is 1. The Labute approximate surface area is 87.5 Å². The largest absolute Gasteiger partial charge is 0.355 e. The molecule has 0 heterocycles. The predicted octanol–water partition coefficient (Wildman–Crippen LogP) is 2.73. The molecule has 1 aliphatic carbocycles. The highest BCUT2D eigenvalue weighted by Crippen LogP contribution is 2.48. The number of amides is 1. The van der Waals surface area contributed by atoms with Crippen LogP contribution in [-0.2, 0) is 4.79 Å². The predicted molar refractivity (Wildman–Crippen MR) is 59.0 cm³/mol. The highest BCUT2D eigenvalue weighted by Gasteiger charge is 2.41. The second-order valence-electron chi connectivity index (χ2n) is 5.68. The minimum atomic E-state index is -0.248. The number of rotatable bonds is 4. The van der Waals surface area contributed by atoms with E-state index in [1.165, 1.54) is 25.7 Å². The first-order valence-electron chi connectivity index (χ1n) is 5.68. The Balaban J connectivity index is 2.30. The van der Waals surface area contributed by atoms with Gasteiger partial charge < -0.3 is 5.32 Å².